The number of hydrogen-bond acceptors (Lipinski definition) is 3. The molecule has 8 heteroatoms. The number of rotatable bonds is 6. The molecule has 0 aliphatic rings. The average molecular weight is 439 g/mol. The Morgan fingerprint density at radius 2 is 1.72 bits per heavy atom. The molecule has 3 rings (SSSR count). The Bertz CT molecular complexity index is 1160. The summed E-state index contributed by atoms with van der Waals surface area (Å²) >= 11 is 0. The number of alkyl halides is 3. The molecule has 1 amide bonds. The van der Waals surface area contributed by atoms with Gasteiger partial charge in [-0.25, -0.2) is 4.99 Å². The first-order valence-electron chi connectivity index (χ1n) is 9.51. The lowest BCUT2D eigenvalue weighted by atomic mass is 10.1. The molecule has 0 unspecified atom stereocenters. The highest BCUT2D eigenvalue weighted by Crippen LogP contribution is 2.33. The maximum Gasteiger partial charge on any atom is 0.416 e. The van der Waals surface area contributed by atoms with E-state index in [4.69, 9.17) is 10.5 Å². The van der Waals surface area contributed by atoms with Gasteiger partial charge >= 0.3 is 6.18 Å². The van der Waals surface area contributed by atoms with Gasteiger partial charge in [-0.1, -0.05) is 48.5 Å². The summed E-state index contributed by atoms with van der Waals surface area (Å²) in [6.07, 6.45) is -2.36. The zero-order valence-corrected chi connectivity index (χ0v) is 17.1. The van der Waals surface area contributed by atoms with Crippen LogP contribution in [0.15, 0.2) is 83.9 Å². The summed E-state index contributed by atoms with van der Waals surface area (Å²) in [5.41, 5.74) is 6.63. The van der Waals surface area contributed by atoms with E-state index in [1.54, 1.807) is 30.3 Å². The van der Waals surface area contributed by atoms with Gasteiger partial charge in [-0.2, -0.15) is 13.2 Å². The van der Waals surface area contributed by atoms with Crippen LogP contribution in [0.25, 0.3) is 6.08 Å². The molecule has 3 aromatic rings. The molecule has 164 valence electrons. The fraction of sp³-hybridized carbons (Fsp3) is 0.0833. The lowest BCUT2D eigenvalue weighted by molar-refractivity contribution is -0.137. The SMILES string of the molecule is COc1ccc(NC(=O)/C=C/c2ccccc2C(F)(F)F)cc1N=C(N)c1ccccc1. The highest BCUT2D eigenvalue weighted by atomic mass is 19.4. The van der Waals surface area contributed by atoms with Crippen LogP contribution in [0.5, 0.6) is 5.75 Å². The molecule has 0 bridgehead atoms. The highest BCUT2D eigenvalue weighted by molar-refractivity contribution is 6.03. The van der Waals surface area contributed by atoms with Crippen molar-refractivity contribution >= 4 is 29.2 Å². The van der Waals surface area contributed by atoms with Crippen molar-refractivity contribution in [2.45, 2.75) is 6.18 Å². The molecule has 0 radical (unpaired) electrons. The first kappa shape index (κ1) is 22.6. The summed E-state index contributed by atoms with van der Waals surface area (Å²) in [4.78, 5) is 16.7. The Balaban J connectivity index is 1.81. The Labute approximate surface area is 183 Å². The van der Waals surface area contributed by atoms with Crippen molar-refractivity contribution in [3.63, 3.8) is 0 Å². The van der Waals surface area contributed by atoms with Crippen molar-refractivity contribution < 1.29 is 22.7 Å². The van der Waals surface area contributed by atoms with E-state index < -0.39 is 17.6 Å². The van der Waals surface area contributed by atoms with E-state index in [0.717, 1.165) is 23.8 Å². The number of hydrogen-bond donors (Lipinski definition) is 2. The van der Waals surface area contributed by atoms with Crippen LogP contribution in [0, 0.1) is 0 Å². The zero-order valence-electron chi connectivity index (χ0n) is 17.1. The fourth-order valence-corrected chi connectivity index (χ4v) is 2.91. The summed E-state index contributed by atoms with van der Waals surface area (Å²) in [5.74, 6) is 0.102. The van der Waals surface area contributed by atoms with Gasteiger partial charge in [-0.3, -0.25) is 4.79 Å². The molecule has 0 saturated carbocycles. The molecular weight excluding hydrogens is 419 g/mol. The second-order valence-electron chi connectivity index (χ2n) is 6.66. The fourth-order valence-electron chi connectivity index (χ4n) is 2.91. The number of nitrogens with two attached hydrogens (primary N) is 1. The number of amides is 1. The largest absolute Gasteiger partial charge is 0.494 e. The van der Waals surface area contributed by atoms with Crippen LogP contribution >= 0.6 is 0 Å². The predicted molar refractivity (Wildman–Crippen MR) is 119 cm³/mol. The predicted octanol–water partition coefficient (Wildman–Crippen LogP) is 5.40. The van der Waals surface area contributed by atoms with E-state index in [2.05, 4.69) is 10.3 Å². The van der Waals surface area contributed by atoms with Crippen LogP contribution in [-0.2, 0) is 11.0 Å². The molecule has 0 fully saturated rings. The van der Waals surface area contributed by atoms with Gasteiger partial charge in [-0.05, 0) is 35.9 Å². The first-order valence-corrected chi connectivity index (χ1v) is 9.51. The standard InChI is InChI=1S/C24H20F3N3O2/c1-32-21-13-12-18(15-20(21)30-23(28)17-8-3-2-4-9-17)29-22(31)14-11-16-7-5-6-10-19(16)24(25,26)27/h2-15H,1H3,(H2,28,30)(H,29,31)/b14-11+. The zero-order chi connectivity index (χ0) is 23.1. The van der Waals surface area contributed by atoms with Gasteiger partial charge in [0.15, 0.2) is 0 Å². The molecule has 3 aromatic carbocycles. The lowest BCUT2D eigenvalue weighted by Gasteiger charge is -2.10. The Morgan fingerprint density at radius 3 is 2.41 bits per heavy atom. The van der Waals surface area contributed by atoms with Gasteiger partial charge in [0.05, 0.1) is 12.7 Å². The summed E-state index contributed by atoms with van der Waals surface area (Å²) in [5, 5.41) is 2.60. The summed E-state index contributed by atoms with van der Waals surface area (Å²) in [7, 11) is 1.48. The van der Waals surface area contributed by atoms with E-state index in [0.29, 0.717) is 17.1 Å². The number of ether oxygens (including phenoxy) is 1. The van der Waals surface area contributed by atoms with E-state index in [9.17, 15) is 18.0 Å². The minimum atomic E-state index is -4.51. The molecule has 0 heterocycles. The average Bonchev–Trinajstić information content (AvgIpc) is 2.78. The van der Waals surface area contributed by atoms with Gasteiger partial charge < -0.3 is 15.8 Å². The number of methoxy groups -OCH3 is 1. The maximum atomic E-state index is 13.1. The molecule has 0 aromatic heterocycles. The summed E-state index contributed by atoms with van der Waals surface area (Å²) in [6, 6.07) is 18.9. The number of nitrogens with one attached hydrogen (secondary N) is 1. The quantitative estimate of drug-likeness (QED) is 0.307. The molecule has 0 aliphatic carbocycles. The maximum absolute atomic E-state index is 13.1. The van der Waals surface area contributed by atoms with Crippen molar-refractivity contribution in [1.82, 2.24) is 0 Å². The van der Waals surface area contributed by atoms with Gasteiger partial charge in [0.25, 0.3) is 0 Å². The summed E-state index contributed by atoms with van der Waals surface area (Å²) in [6.45, 7) is 0. The van der Waals surface area contributed by atoms with Crippen LogP contribution in [-0.4, -0.2) is 18.9 Å². The Hall–Kier alpha value is -4.07. The van der Waals surface area contributed by atoms with Crippen molar-refractivity contribution in [1.29, 1.82) is 0 Å². The van der Waals surface area contributed by atoms with Crippen LogP contribution in [0.1, 0.15) is 16.7 Å². The van der Waals surface area contributed by atoms with Crippen LogP contribution in [0.2, 0.25) is 0 Å². The van der Waals surface area contributed by atoms with E-state index in [1.165, 1.54) is 25.3 Å². The third-order valence-electron chi connectivity index (χ3n) is 4.44. The number of benzene rings is 3. The molecule has 5 nitrogen and oxygen atoms in total. The highest BCUT2D eigenvalue weighted by Gasteiger charge is 2.32. The molecule has 0 aliphatic heterocycles. The van der Waals surface area contributed by atoms with Gasteiger partial charge in [0.2, 0.25) is 5.91 Å². The normalized spacial score (nSPS) is 12.1. The van der Waals surface area contributed by atoms with Crippen molar-refractivity contribution in [3.05, 3.63) is 95.6 Å². The topological polar surface area (TPSA) is 76.7 Å². The number of aliphatic imine (C=N–C) groups is 1. The minimum Gasteiger partial charge on any atom is -0.494 e. The lowest BCUT2D eigenvalue weighted by Crippen LogP contribution is -2.12. The second-order valence-corrected chi connectivity index (χ2v) is 6.66. The number of carbonyl (C=O) groups is 1. The molecule has 0 atom stereocenters. The van der Waals surface area contributed by atoms with Crippen molar-refractivity contribution in [3.8, 4) is 5.75 Å². The van der Waals surface area contributed by atoms with Crippen LogP contribution in [0.3, 0.4) is 0 Å². The van der Waals surface area contributed by atoms with E-state index >= 15 is 0 Å². The smallest absolute Gasteiger partial charge is 0.416 e. The summed E-state index contributed by atoms with van der Waals surface area (Å²) < 4.78 is 44.6. The number of nitrogens with zero attached hydrogens (tertiary/aromatic N) is 1. The molecular formula is C24H20F3N3O2. The van der Waals surface area contributed by atoms with Gasteiger partial charge in [0, 0.05) is 17.3 Å². The third kappa shape index (κ3) is 5.75. The monoisotopic (exact) mass is 439 g/mol. The van der Waals surface area contributed by atoms with Crippen LogP contribution in [0.4, 0.5) is 24.5 Å². The van der Waals surface area contributed by atoms with Crippen molar-refractivity contribution in [2.24, 2.45) is 10.7 Å². The van der Waals surface area contributed by atoms with Gasteiger partial charge in [0.1, 0.15) is 17.3 Å². The number of carbonyl (C=O) groups excluding carboxylic acids is 1. The molecule has 0 spiro atoms. The first-order chi connectivity index (χ1) is 15.3. The third-order valence-corrected chi connectivity index (χ3v) is 4.44. The molecule has 3 N–H and O–H groups in total. The number of anilines is 1. The second kappa shape index (κ2) is 9.82. The van der Waals surface area contributed by atoms with Crippen LogP contribution < -0.4 is 15.8 Å². The Kier molecular flexibility index (Phi) is 6.94. The van der Waals surface area contributed by atoms with E-state index in [-0.39, 0.29) is 11.4 Å². The minimum absolute atomic E-state index is 0.106. The number of amidine groups is 1. The van der Waals surface area contributed by atoms with E-state index in [1.807, 2.05) is 18.2 Å². The number of halogens is 3. The van der Waals surface area contributed by atoms with Crippen molar-refractivity contribution in [2.75, 3.05) is 12.4 Å². The Morgan fingerprint density at radius 1 is 1.03 bits per heavy atom. The molecule has 32 heavy (non-hydrogen) atoms. The van der Waals surface area contributed by atoms with Gasteiger partial charge in [-0.15, -0.1) is 0 Å². The molecule has 0 saturated heterocycles.